The van der Waals surface area contributed by atoms with Gasteiger partial charge in [0.1, 0.15) is 0 Å². The molecule has 102 valence electrons. The summed E-state index contributed by atoms with van der Waals surface area (Å²) in [4.78, 5) is 2.66. The van der Waals surface area contributed by atoms with Crippen molar-refractivity contribution in [2.75, 3.05) is 0 Å². The standard InChI is InChI=1S/C18H17BrS/c1-18(2)11-10-17(20-14-6-4-3-5-7-14)15-12-13(19)8-9-16(15)18/h3-10,12H,11H2,1-2H3. The van der Waals surface area contributed by atoms with Crippen molar-refractivity contribution in [3.63, 3.8) is 0 Å². The molecule has 0 saturated heterocycles. The normalized spacial score (nSPS) is 16.4. The fourth-order valence-corrected chi connectivity index (χ4v) is 3.94. The van der Waals surface area contributed by atoms with E-state index in [-0.39, 0.29) is 5.41 Å². The number of allylic oxidation sites excluding steroid dienone is 1. The maximum atomic E-state index is 3.60. The summed E-state index contributed by atoms with van der Waals surface area (Å²) < 4.78 is 1.15. The Morgan fingerprint density at radius 2 is 1.80 bits per heavy atom. The molecule has 2 heteroatoms. The van der Waals surface area contributed by atoms with Crippen LogP contribution in [0.3, 0.4) is 0 Å². The predicted octanol–water partition coefficient (Wildman–Crippen LogP) is 6.26. The van der Waals surface area contributed by atoms with Crippen LogP contribution in [0.2, 0.25) is 0 Å². The summed E-state index contributed by atoms with van der Waals surface area (Å²) in [6, 6.07) is 17.3. The second kappa shape index (κ2) is 5.42. The minimum absolute atomic E-state index is 0.219. The van der Waals surface area contributed by atoms with Crippen molar-refractivity contribution in [1.82, 2.24) is 0 Å². The molecular weight excluding hydrogens is 328 g/mol. The monoisotopic (exact) mass is 344 g/mol. The minimum Gasteiger partial charge on any atom is -0.0898 e. The van der Waals surface area contributed by atoms with E-state index in [1.165, 1.54) is 20.9 Å². The van der Waals surface area contributed by atoms with E-state index < -0.39 is 0 Å². The van der Waals surface area contributed by atoms with Gasteiger partial charge in [0.05, 0.1) is 0 Å². The lowest BCUT2D eigenvalue weighted by molar-refractivity contribution is 0.528. The molecule has 20 heavy (non-hydrogen) atoms. The summed E-state index contributed by atoms with van der Waals surface area (Å²) in [5.74, 6) is 0. The zero-order valence-electron chi connectivity index (χ0n) is 11.7. The molecule has 3 rings (SSSR count). The summed E-state index contributed by atoms with van der Waals surface area (Å²) in [5, 5.41) is 0. The number of hydrogen-bond donors (Lipinski definition) is 0. The van der Waals surface area contributed by atoms with Crippen LogP contribution in [0.5, 0.6) is 0 Å². The van der Waals surface area contributed by atoms with Crippen LogP contribution in [-0.4, -0.2) is 0 Å². The van der Waals surface area contributed by atoms with Crippen molar-refractivity contribution in [2.45, 2.75) is 30.6 Å². The van der Waals surface area contributed by atoms with Gasteiger partial charge in [-0.2, -0.15) is 0 Å². The number of thioether (sulfide) groups is 1. The van der Waals surface area contributed by atoms with E-state index in [1.807, 2.05) is 11.8 Å². The molecule has 0 radical (unpaired) electrons. The van der Waals surface area contributed by atoms with E-state index in [0.29, 0.717) is 0 Å². The molecule has 0 bridgehead atoms. The van der Waals surface area contributed by atoms with Gasteiger partial charge in [0.2, 0.25) is 0 Å². The molecule has 0 unspecified atom stereocenters. The number of fused-ring (bicyclic) bond motifs is 1. The fraction of sp³-hybridized carbons (Fsp3) is 0.222. The summed E-state index contributed by atoms with van der Waals surface area (Å²) >= 11 is 5.46. The molecule has 2 aromatic rings. The van der Waals surface area contributed by atoms with Crippen LogP contribution < -0.4 is 0 Å². The van der Waals surface area contributed by atoms with E-state index in [1.54, 1.807) is 0 Å². The highest BCUT2D eigenvalue weighted by atomic mass is 79.9. The third-order valence-electron chi connectivity index (χ3n) is 3.74. The third-order valence-corrected chi connectivity index (χ3v) is 5.35. The first-order chi connectivity index (χ1) is 9.56. The molecule has 0 aromatic heterocycles. The van der Waals surface area contributed by atoms with Gasteiger partial charge in [0.25, 0.3) is 0 Å². The van der Waals surface area contributed by atoms with Gasteiger partial charge in [-0.15, -0.1) is 0 Å². The van der Waals surface area contributed by atoms with Gasteiger partial charge in [-0.3, -0.25) is 0 Å². The average molecular weight is 345 g/mol. The van der Waals surface area contributed by atoms with Gasteiger partial charge in [-0.05, 0) is 47.2 Å². The van der Waals surface area contributed by atoms with Gasteiger partial charge in [0.15, 0.2) is 0 Å². The number of benzene rings is 2. The van der Waals surface area contributed by atoms with Gasteiger partial charge in [0, 0.05) is 14.3 Å². The Kier molecular flexibility index (Phi) is 3.78. The lowest BCUT2D eigenvalue weighted by Crippen LogP contribution is -2.21. The first kappa shape index (κ1) is 14.0. The Morgan fingerprint density at radius 1 is 1.05 bits per heavy atom. The van der Waals surface area contributed by atoms with E-state index in [0.717, 1.165) is 10.9 Å². The second-order valence-electron chi connectivity index (χ2n) is 5.76. The molecule has 0 nitrogen and oxygen atoms in total. The van der Waals surface area contributed by atoms with Crippen LogP contribution in [0.1, 0.15) is 31.4 Å². The quantitative estimate of drug-likeness (QED) is 0.619. The Balaban J connectivity index is 2.02. The van der Waals surface area contributed by atoms with Crippen LogP contribution in [0.25, 0.3) is 4.91 Å². The van der Waals surface area contributed by atoms with Crippen LogP contribution in [0.15, 0.2) is 64.0 Å². The van der Waals surface area contributed by atoms with E-state index in [4.69, 9.17) is 0 Å². The largest absolute Gasteiger partial charge is 0.0898 e. The topological polar surface area (TPSA) is 0 Å². The first-order valence-corrected chi connectivity index (χ1v) is 8.41. The molecule has 0 saturated carbocycles. The molecular formula is C18H17BrS. The summed E-state index contributed by atoms with van der Waals surface area (Å²) in [6.45, 7) is 4.64. The molecule has 0 spiro atoms. The van der Waals surface area contributed by atoms with Crippen molar-refractivity contribution >= 4 is 32.6 Å². The molecule has 0 atom stereocenters. The predicted molar refractivity (Wildman–Crippen MR) is 92.1 cm³/mol. The SMILES string of the molecule is CC1(C)CC=C(Sc2ccccc2)c2cc(Br)ccc21. The number of rotatable bonds is 2. The van der Waals surface area contributed by atoms with Crippen molar-refractivity contribution < 1.29 is 0 Å². The Hall–Kier alpha value is -0.990. The summed E-state index contributed by atoms with van der Waals surface area (Å²) in [7, 11) is 0. The van der Waals surface area contributed by atoms with Crippen LogP contribution in [0.4, 0.5) is 0 Å². The first-order valence-electron chi connectivity index (χ1n) is 6.80. The maximum Gasteiger partial charge on any atom is 0.0181 e. The molecule has 0 amide bonds. The van der Waals surface area contributed by atoms with Crippen LogP contribution >= 0.6 is 27.7 Å². The highest BCUT2D eigenvalue weighted by molar-refractivity contribution is 9.10. The van der Waals surface area contributed by atoms with Crippen molar-refractivity contribution in [1.29, 1.82) is 0 Å². The Morgan fingerprint density at radius 3 is 2.55 bits per heavy atom. The average Bonchev–Trinajstić information content (AvgIpc) is 2.43. The lowest BCUT2D eigenvalue weighted by Gasteiger charge is -2.32. The smallest absolute Gasteiger partial charge is 0.0181 e. The van der Waals surface area contributed by atoms with Gasteiger partial charge in [-0.1, -0.05) is 71.9 Å². The van der Waals surface area contributed by atoms with E-state index in [9.17, 15) is 0 Å². The molecule has 1 aliphatic rings. The zero-order chi connectivity index (χ0) is 14.2. The number of hydrogen-bond acceptors (Lipinski definition) is 1. The molecule has 0 fully saturated rings. The van der Waals surface area contributed by atoms with Crippen molar-refractivity contribution in [2.24, 2.45) is 0 Å². The van der Waals surface area contributed by atoms with Crippen molar-refractivity contribution in [3.05, 3.63) is 70.2 Å². The molecule has 2 aromatic carbocycles. The van der Waals surface area contributed by atoms with Gasteiger partial charge >= 0.3 is 0 Å². The summed E-state index contributed by atoms with van der Waals surface area (Å²) in [6.07, 6.45) is 3.48. The van der Waals surface area contributed by atoms with Gasteiger partial charge in [-0.25, -0.2) is 0 Å². The zero-order valence-corrected chi connectivity index (χ0v) is 14.1. The third kappa shape index (κ3) is 2.72. The highest BCUT2D eigenvalue weighted by Crippen LogP contribution is 2.45. The Bertz CT molecular complexity index is 656. The van der Waals surface area contributed by atoms with E-state index >= 15 is 0 Å². The van der Waals surface area contributed by atoms with Crippen LogP contribution in [0, 0.1) is 0 Å². The van der Waals surface area contributed by atoms with Crippen LogP contribution in [-0.2, 0) is 5.41 Å². The number of halogens is 1. The fourth-order valence-electron chi connectivity index (χ4n) is 2.59. The second-order valence-corrected chi connectivity index (χ2v) is 7.79. The minimum atomic E-state index is 0.219. The van der Waals surface area contributed by atoms with E-state index in [2.05, 4.69) is 84.4 Å². The molecule has 1 aliphatic carbocycles. The Labute approximate surface area is 133 Å². The highest BCUT2D eigenvalue weighted by Gasteiger charge is 2.28. The molecule has 0 N–H and O–H groups in total. The van der Waals surface area contributed by atoms with Crippen molar-refractivity contribution in [3.8, 4) is 0 Å². The lowest BCUT2D eigenvalue weighted by atomic mass is 9.76. The van der Waals surface area contributed by atoms with Gasteiger partial charge < -0.3 is 0 Å². The molecule has 0 aliphatic heterocycles. The molecule has 0 heterocycles. The maximum absolute atomic E-state index is 3.60. The summed E-state index contributed by atoms with van der Waals surface area (Å²) in [5.41, 5.74) is 3.03.